The van der Waals surface area contributed by atoms with E-state index in [0.29, 0.717) is 31.1 Å². The molecule has 0 bridgehead atoms. The number of thioether (sulfide) groups is 1. The van der Waals surface area contributed by atoms with Crippen molar-refractivity contribution in [2.24, 2.45) is 0 Å². The third kappa shape index (κ3) is 4.43. The van der Waals surface area contributed by atoms with Crippen LogP contribution in [0.5, 0.6) is 0 Å². The molecule has 2 aromatic rings. The Bertz CT molecular complexity index is 854. The molecule has 0 aromatic heterocycles. The molecule has 26 heavy (non-hydrogen) atoms. The quantitative estimate of drug-likeness (QED) is 0.702. The number of sulfonamides is 1. The van der Waals surface area contributed by atoms with E-state index in [1.165, 1.54) is 40.3 Å². The van der Waals surface area contributed by atoms with Gasteiger partial charge in [-0.25, -0.2) is 17.2 Å². The van der Waals surface area contributed by atoms with Crippen molar-refractivity contribution in [3.8, 4) is 0 Å². The van der Waals surface area contributed by atoms with Gasteiger partial charge in [-0.1, -0.05) is 24.3 Å². The van der Waals surface area contributed by atoms with E-state index < -0.39 is 15.8 Å². The first kappa shape index (κ1) is 19.3. The van der Waals surface area contributed by atoms with Crippen molar-refractivity contribution in [2.75, 3.05) is 38.5 Å². The van der Waals surface area contributed by atoms with Crippen molar-refractivity contribution in [3.63, 3.8) is 0 Å². The molecular formula is C18H20F2N2O2S2. The van der Waals surface area contributed by atoms with Crippen molar-refractivity contribution >= 4 is 21.8 Å². The van der Waals surface area contributed by atoms with Crippen LogP contribution in [0.15, 0.2) is 58.3 Å². The van der Waals surface area contributed by atoms with Gasteiger partial charge in [-0.15, -0.1) is 11.8 Å². The minimum Gasteiger partial charge on any atom is -0.300 e. The Morgan fingerprint density at radius 1 is 0.885 bits per heavy atom. The van der Waals surface area contributed by atoms with Gasteiger partial charge in [-0.05, 0) is 24.3 Å². The number of piperazine rings is 1. The van der Waals surface area contributed by atoms with Crippen LogP contribution in [0, 0.1) is 11.6 Å². The Hall–Kier alpha value is -1.48. The molecule has 4 nitrogen and oxygen atoms in total. The van der Waals surface area contributed by atoms with Crippen LogP contribution in [0.25, 0.3) is 0 Å². The van der Waals surface area contributed by atoms with Crippen LogP contribution >= 0.6 is 11.8 Å². The van der Waals surface area contributed by atoms with Crippen LogP contribution in [0.4, 0.5) is 8.78 Å². The lowest BCUT2D eigenvalue weighted by Gasteiger charge is -2.33. The number of halogens is 2. The van der Waals surface area contributed by atoms with Crippen molar-refractivity contribution in [3.05, 3.63) is 60.2 Å². The minimum absolute atomic E-state index is 0.224. The van der Waals surface area contributed by atoms with Crippen LogP contribution in [0.1, 0.15) is 0 Å². The smallest absolute Gasteiger partial charge is 0.246 e. The zero-order valence-electron chi connectivity index (χ0n) is 14.1. The van der Waals surface area contributed by atoms with E-state index in [1.807, 2.05) is 0 Å². The van der Waals surface area contributed by atoms with Crippen LogP contribution < -0.4 is 0 Å². The monoisotopic (exact) mass is 398 g/mol. The summed E-state index contributed by atoms with van der Waals surface area (Å²) in [6.45, 7) is 2.53. The summed E-state index contributed by atoms with van der Waals surface area (Å²) >= 11 is 1.45. The molecule has 140 valence electrons. The summed E-state index contributed by atoms with van der Waals surface area (Å²) in [5, 5.41) is 0. The number of benzene rings is 2. The van der Waals surface area contributed by atoms with Crippen LogP contribution in [-0.4, -0.2) is 56.1 Å². The molecule has 0 amide bonds. The zero-order valence-corrected chi connectivity index (χ0v) is 15.8. The first-order valence-corrected chi connectivity index (χ1v) is 10.8. The van der Waals surface area contributed by atoms with E-state index in [1.54, 1.807) is 18.2 Å². The maximum atomic E-state index is 13.8. The van der Waals surface area contributed by atoms with Crippen LogP contribution in [0.2, 0.25) is 0 Å². The number of nitrogens with zero attached hydrogens (tertiary/aromatic N) is 2. The van der Waals surface area contributed by atoms with Gasteiger partial charge in [0, 0.05) is 43.4 Å². The Labute approximate surface area is 156 Å². The molecule has 1 aliphatic heterocycles. The van der Waals surface area contributed by atoms with Gasteiger partial charge in [0.15, 0.2) is 0 Å². The first-order chi connectivity index (χ1) is 12.5. The summed E-state index contributed by atoms with van der Waals surface area (Å²) in [5.74, 6) is -0.226. The van der Waals surface area contributed by atoms with Crippen molar-refractivity contribution in [1.82, 2.24) is 9.21 Å². The highest BCUT2D eigenvalue weighted by atomic mass is 32.2. The summed E-state index contributed by atoms with van der Waals surface area (Å²) in [6.07, 6.45) is 0. The van der Waals surface area contributed by atoms with Crippen molar-refractivity contribution in [2.45, 2.75) is 9.79 Å². The van der Waals surface area contributed by atoms with Crippen LogP contribution in [-0.2, 0) is 10.0 Å². The highest BCUT2D eigenvalue weighted by molar-refractivity contribution is 7.99. The minimum atomic E-state index is -3.81. The van der Waals surface area contributed by atoms with Gasteiger partial charge in [0.25, 0.3) is 0 Å². The molecular weight excluding hydrogens is 378 g/mol. The fourth-order valence-corrected chi connectivity index (χ4v) is 5.27. The number of hydrogen-bond donors (Lipinski definition) is 0. The van der Waals surface area contributed by atoms with Gasteiger partial charge in [-0.3, -0.25) is 4.90 Å². The van der Waals surface area contributed by atoms with Crippen molar-refractivity contribution < 1.29 is 17.2 Å². The molecule has 0 saturated carbocycles. The normalized spacial score (nSPS) is 16.7. The molecule has 0 atom stereocenters. The summed E-state index contributed by atoms with van der Waals surface area (Å²) in [6, 6.07) is 12.1. The molecule has 0 N–H and O–H groups in total. The van der Waals surface area contributed by atoms with Gasteiger partial charge >= 0.3 is 0 Å². The second kappa shape index (κ2) is 8.47. The summed E-state index contributed by atoms with van der Waals surface area (Å²) < 4.78 is 53.9. The second-order valence-corrected chi connectivity index (χ2v) is 9.00. The maximum absolute atomic E-state index is 13.8. The van der Waals surface area contributed by atoms with E-state index >= 15 is 0 Å². The van der Waals surface area contributed by atoms with E-state index in [2.05, 4.69) is 4.90 Å². The second-order valence-electron chi connectivity index (χ2n) is 5.96. The molecule has 8 heteroatoms. The Kier molecular flexibility index (Phi) is 6.29. The lowest BCUT2D eigenvalue weighted by atomic mass is 10.3. The highest BCUT2D eigenvalue weighted by Crippen LogP contribution is 2.23. The molecule has 0 radical (unpaired) electrons. The van der Waals surface area contributed by atoms with Gasteiger partial charge < -0.3 is 0 Å². The fourth-order valence-electron chi connectivity index (χ4n) is 2.83. The first-order valence-electron chi connectivity index (χ1n) is 8.33. The maximum Gasteiger partial charge on any atom is 0.246 e. The predicted molar refractivity (Wildman–Crippen MR) is 98.7 cm³/mol. The molecule has 2 aromatic carbocycles. The molecule has 1 fully saturated rings. The third-order valence-electron chi connectivity index (χ3n) is 4.29. The zero-order chi connectivity index (χ0) is 18.6. The number of rotatable bonds is 6. The molecule has 1 heterocycles. The summed E-state index contributed by atoms with van der Waals surface area (Å²) in [4.78, 5) is 2.48. The molecule has 1 saturated heterocycles. The van der Waals surface area contributed by atoms with Crippen LogP contribution in [0.3, 0.4) is 0 Å². The summed E-state index contributed by atoms with van der Waals surface area (Å²) in [5.41, 5.74) is 0. The van der Waals surface area contributed by atoms with Gasteiger partial charge in [0.2, 0.25) is 10.0 Å². The average molecular weight is 399 g/mol. The SMILES string of the molecule is O=S(=O)(c1ccccc1F)N1CCN(CCSc2ccccc2F)CC1. The highest BCUT2D eigenvalue weighted by Gasteiger charge is 2.30. The average Bonchev–Trinajstić information content (AvgIpc) is 2.64. The Balaban J connectivity index is 1.51. The summed E-state index contributed by atoms with van der Waals surface area (Å²) in [7, 11) is -3.81. The molecule has 0 spiro atoms. The standard InChI is InChI=1S/C18H20F2N2O2S2/c19-15-5-1-3-7-17(15)25-14-13-21-9-11-22(12-10-21)26(23,24)18-8-4-2-6-16(18)20/h1-8H,9-14H2. The van der Waals surface area contributed by atoms with E-state index in [-0.39, 0.29) is 10.7 Å². The molecule has 0 aliphatic carbocycles. The largest absolute Gasteiger partial charge is 0.300 e. The van der Waals surface area contributed by atoms with E-state index in [0.717, 1.165) is 18.4 Å². The van der Waals surface area contributed by atoms with Crippen molar-refractivity contribution in [1.29, 1.82) is 0 Å². The molecule has 1 aliphatic rings. The van der Waals surface area contributed by atoms with Gasteiger partial charge in [0.1, 0.15) is 16.5 Å². The molecule has 3 rings (SSSR count). The topological polar surface area (TPSA) is 40.6 Å². The number of hydrogen-bond acceptors (Lipinski definition) is 4. The third-order valence-corrected chi connectivity index (χ3v) is 7.25. The fraction of sp³-hybridized carbons (Fsp3) is 0.333. The lowest BCUT2D eigenvalue weighted by Crippen LogP contribution is -2.49. The van der Waals surface area contributed by atoms with Gasteiger partial charge in [-0.2, -0.15) is 4.31 Å². The Morgan fingerprint density at radius 3 is 2.15 bits per heavy atom. The Morgan fingerprint density at radius 2 is 1.50 bits per heavy atom. The van der Waals surface area contributed by atoms with E-state index in [9.17, 15) is 17.2 Å². The van der Waals surface area contributed by atoms with Gasteiger partial charge in [0.05, 0.1) is 0 Å². The van der Waals surface area contributed by atoms with E-state index in [4.69, 9.17) is 0 Å². The predicted octanol–water partition coefficient (Wildman–Crippen LogP) is 3.06. The lowest BCUT2D eigenvalue weighted by molar-refractivity contribution is 0.197. The molecule has 0 unspecified atom stereocenters.